The number of carbonyl (C=O) groups is 2. The van der Waals surface area contributed by atoms with Crippen LogP contribution < -0.4 is 0 Å². The molecule has 6 heteroatoms. The van der Waals surface area contributed by atoms with Crippen LogP contribution in [0.4, 0.5) is 0 Å². The lowest BCUT2D eigenvalue weighted by atomic mass is 9.78. The maximum absolute atomic E-state index is 12.2. The number of aliphatic hydroxyl groups is 1. The molecule has 2 saturated heterocycles. The van der Waals surface area contributed by atoms with Gasteiger partial charge in [0.1, 0.15) is 17.8 Å². The van der Waals surface area contributed by atoms with Gasteiger partial charge in [0, 0.05) is 23.5 Å². The van der Waals surface area contributed by atoms with Crippen molar-refractivity contribution in [1.82, 2.24) is 0 Å². The standard InChI is InChI=1S/C19H22O6/c1-8(2)17(21)24-12-5-9(3)11-6-13(20)19(7-23-19)15(11)16-14(12)10(4)18(22)25-16/h11-16,20H,1,3-7H2,2H3. The zero-order chi connectivity index (χ0) is 18.1. The monoisotopic (exact) mass is 346 g/mol. The number of rotatable bonds is 2. The Balaban J connectivity index is 1.73. The number of epoxide rings is 1. The summed E-state index contributed by atoms with van der Waals surface area (Å²) >= 11 is 0. The second-order valence-electron chi connectivity index (χ2n) is 7.63. The SMILES string of the molecule is C=C(C)C(=O)OC1CC(=C)C2CC(O)C3(CO3)C2C2OC(=O)C(=C)C12. The summed E-state index contributed by atoms with van der Waals surface area (Å²) in [6.45, 7) is 13.7. The number of esters is 2. The van der Waals surface area contributed by atoms with Crippen LogP contribution in [0.1, 0.15) is 19.8 Å². The third-order valence-electron chi connectivity index (χ3n) is 6.13. The van der Waals surface area contributed by atoms with Crippen LogP contribution in [-0.2, 0) is 23.8 Å². The normalized spacial score (nSPS) is 44.8. The molecular formula is C19H22O6. The van der Waals surface area contributed by atoms with E-state index >= 15 is 0 Å². The number of hydrogen-bond donors (Lipinski definition) is 1. The highest BCUT2D eigenvalue weighted by atomic mass is 16.6. The summed E-state index contributed by atoms with van der Waals surface area (Å²) in [7, 11) is 0. The third kappa shape index (κ3) is 2.24. The summed E-state index contributed by atoms with van der Waals surface area (Å²) < 4.78 is 16.9. The van der Waals surface area contributed by atoms with E-state index in [0.717, 1.165) is 5.57 Å². The van der Waals surface area contributed by atoms with Crippen molar-refractivity contribution in [2.45, 2.75) is 43.7 Å². The first-order valence-electron chi connectivity index (χ1n) is 8.52. The van der Waals surface area contributed by atoms with E-state index < -0.39 is 41.8 Å². The Hall–Kier alpha value is -1.92. The van der Waals surface area contributed by atoms with Crippen LogP contribution in [0, 0.1) is 17.8 Å². The molecule has 0 aromatic rings. The molecule has 2 aliphatic carbocycles. The van der Waals surface area contributed by atoms with Gasteiger partial charge in [0.2, 0.25) is 0 Å². The largest absolute Gasteiger partial charge is 0.458 e. The van der Waals surface area contributed by atoms with Crippen LogP contribution in [0.2, 0.25) is 0 Å². The minimum atomic E-state index is -0.686. The van der Waals surface area contributed by atoms with Gasteiger partial charge >= 0.3 is 11.9 Å². The Kier molecular flexibility index (Phi) is 3.50. The number of hydrogen-bond acceptors (Lipinski definition) is 6. The minimum Gasteiger partial charge on any atom is -0.458 e. The minimum absolute atomic E-state index is 0.0442. The molecule has 2 aliphatic heterocycles. The number of aliphatic hydroxyl groups excluding tert-OH is 1. The lowest BCUT2D eigenvalue weighted by Crippen LogP contribution is -2.43. The molecule has 2 saturated carbocycles. The number of carbonyl (C=O) groups excluding carboxylic acids is 2. The van der Waals surface area contributed by atoms with E-state index in [1.54, 1.807) is 6.92 Å². The van der Waals surface area contributed by atoms with Crippen molar-refractivity contribution in [1.29, 1.82) is 0 Å². The molecule has 4 aliphatic rings. The average molecular weight is 346 g/mol. The molecule has 0 bridgehead atoms. The van der Waals surface area contributed by atoms with E-state index in [0.29, 0.717) is 30.6 Å². The van der Waals surface area contributed by atoms with E-state index in [9.17, 15) is 14.7 Å². The molecule has 4 fully saturated rings. The van der Waals surface area contributed by atoms with E-state index in [4.69, 9.17) is 14.2 Å². The summed E-state index contributed by atoms with van der Waals surface area (Å²) in [6, 6.07) is 0. The van der Waals surface area contributed by atoms with Crippen LogP contribution in [0.3, 0.4) is 0 Å². The molecule has 2 heterocycles. The topological polar surface area (TPSA) is 85.4 Å². The molecule has 1 spiro atoms. The van der Waals surface area contributed by atoms with Crippen LogP contribution >= 0.6 is 0 Å². The quantitative estimate of drug-likeness (QED) is 0.351. The van der Waals surface area contributed by atoms with Crippen molar-refractivity contribution in [2.75, 3.05) is 6.61 Å². The maximum Gasteiger partial charge on any atom is 0.334 e. The zero-order valence-electron chi connectivity index (χ0n) is 14.2. The summed E-state index contributed by atoms with van der Waals surface area (Å²) in [5.74, 6) is -1.69. The van der Waals surface area contributed by atoms with Gasteiger partial charge in [0.05, 0.1) is 18.6 Å². The van der Waals surface area contributed by atoms with Gasteiger partial charge in [-0.1, -0.05) is 25.3 Å². The van der Waals surface area contributed by atoms with Crippen LogP contribution in [-0.4, -0.2) is 47.6 Å². The van der Waals surface area contributed by atoms with Crippen molar-refractivity contribution in [3.05, 3.63) is 36.5 Å². The average Bonchev–Trinajstić information content (AvgIpc) is 3.22. The highest BCUT2D eigenvalue weighted by Crippen LogP contribution is 2.60. The van der Waals surface area contributed by atoms with Crippen molar-refractivity contribution in [2.24, 2.45) is 17.8 Å². The Morgan fingerprint density at radius 2 is 2.08 bits per heavy atom. The fourth-order valence-electron chi connectivity index (χ4n) is 4.77. The van der Waals surface area contributed by atoms with Crippen LogP contribution in [0.5, 0.6) is 0 Å². The molecule has 0 amide bonds. The van der Waals surface area contributed by atoms with Gasteiger partial charge in [-0.3, -0.25) is 0 Å². The Morgan fingerprint density at radius 3 is 2.68 bits per heavy atom. The van der Waals surface area contributed by atoms with Gasteiger partial charge in [0.15, 0.2) is 0 Å². The van der Waals surface area contributed by atoms with Crippen molar-refractivity contribution in [3.63, 3.8) is 0 Å². The van der Waals surface area contributed by atoms with Crippen molar-refractivity contribution in [3.8, 4) is 0 Å². The first-order chi connectivity index (χ1) is 11.8. The van der Waals surface area contributed by atoms with E-state index in [2.05, 4.69) is 19.7 Å². The zero-order valence-corrected chi connectivity index (χ0v) is 14.2. The number of fused-ring (bicyclic) bond motifs is 4. The van der Waals surface area contributed by atoms with Crippen LogP contribution in [0.25, 0.3) is 0 Å². The Bertz CT molecular complexity index is 703. The smallest absolute Gasteiger partial charge is 0.334 e. The third-order valence-corrected chi connectivity index (χ3v) is 6.13. The fraction of sp³-hybridized carbons (Fsp3) is 0.579. The summed E-state index contributed by atoms with van der Waals surface area (Å²) in [4.78, 5) is 24.3. The molecule has 7 atom stereocenters. The van der Waals surface area contributed by atoms with Gasteiger partial charge in [-0.2, -0.15) is 0 Å². The summed E-state index contributed by atoms with van der Waals surface area (Å²) in [5.41, 5.74) is 0.790. The predicted octanol–water partition coefficient (Wildman–Crippen LogP) is 1.30. The molecule has 25 heavy (non-hydrogen) atoms. The second kappa shape index (κ2) is 5.29. The Labute approximate surface area is 146 Å². The Morgan fingerprint density at radius 1 is 1.40 bits per heavy atom. The number of ether oxygens (including phenoxy) is 3. The molecular weight excluding hydrogens is 324 g/mol. The molecule has 0 aromatic carbocycles. The molecule has 7 unspecified atom stereocenters. The van der Waals surface area contributed by atoms with Gasteiger partial charge < -0.3 is 19.3 Å². The second-order valence-corrected chi connectivity index (χ2v) is 7.63. The molecule has 4 rings (SSSR count). The van der Waals surface area contributed by atoms with Gasteiger partial charge in [-0.25, -0.2) is 9.59 Å². The lowest BCUT2D eigenvalue weighted by molar-refractivity contribution is -0.149. The van der Waals surface area contributed by atoms with E-state index in [-0.39, 0.29) is 11.8 Å². The lowest BCUT2D eigenvalue weighted by Gasteiger charge is -2.30. The molecule has 134 valence electrons. The van der Waals surface area contributed by atoms with Gasteiger partial charge in [-0.05, 0) is 19.3 Å². The first-order valence-corrected chi connectivity index (χ1v) is 8.52. The highest BCUT2D eigenvalue weighted by Gasteiger charge is 2.70. The van der Waals surface area contributed by atoms with E-state index in [1.165, 1.54) is 0 Å². The molecule has 0 aromatic heterocycles. The van der Waals surface area contributed by atoms with Gasteiger partial charge in [-0.15, -0.1) is 0 Å². The highest BCUT2D eigenvalue weighted by molar-refractivity contribution is 5.91. The van der Waals surface area contributed by atoms with Crippen molar-refractivity contribution >= 4 is 11.9 Å². The summed E-state index contributed by atoms with van der Waals surface area (Å²) in [5, 5.41) is 10.5. The predicted molar refractivity (Wildman–Crippen MR) is 87.2 cm³/mol. The van der Waals surface area contributed by atoms with Crippen LogP contribution in [0.15, 0.2) is 36.5 Å². The van der Waals surface area contributed by atoms with E-state index in [1.807, 2.05) is 0 Å². The van der Waals surface area contributed by atoms with Crippen molar-refractivity contribution < 1.29 is 28.9 Å². The maximum atomic E-state index is 12.2. The molecule has 6 nitrogen and oxygen atoms in total. The molecule has 1 N–H and O–H groups in total. The first kappa shape index (κ1) is 16.5. The summed E-state index contributed by atoms with van der Waals surface area (Å²) in [6.07, 6.45) is -0.814. The fourth-order valence-corrected chi connectivity index (χ4v) is 4.77. The van der Waals surface area contributed by atoms with Gasteiger partial charge in [0.25, 0.3) is 0 Å². The molecule has 0 radical (unpaired) electrons.